The van der Waals surface area contributed by atoms with E-state index in [9.17, 15) is 4.79 Å². The summed E-state index contributed by atoms with van der Waals surface area (Å²) in [5, 5.41) is 7.67. The first-order valence-electron chi connectivity index (χ1n) is 9.12. The van der Waals surface area contributed by atoms with Crippen LogP contribution in [-0.4, -0.2) is 32.1 Å². The molecule has 0 aliphatic carbocycles. The fourth-order valence-corrected chi connectivity index (χ4v) is 3.99. The van der Waals surface area contributed by atoms with Gasteiger partial charge in [-0.1, -0.05) is 5.16 Å². The molecule has 0 radical (unpaired) electrons. The fraction of sp³-hybridized carbons (Fsp3) is 0.300. The van der Waals surface area contributed by atoms with Crippen molar-refractivity contribution in [1.82, 2.24) is 25.0 Å². The Morgan fingerprint density at radius 3 is 2.86 bits per heavy atom. The molecule has 0 aromatic carbocycles. The van der Waals surface area contributed by atoms with Crippen LogP contribution in [0.3, 0.4) is 0 Å². The Morgan fingerprint density at radius 2 is 2.14 bits per heavy atom. The quantitative estimate of drug-likeness (QED) is 0.501. The van der Waals surface area contributed by atoms with Crippen LogP contribution in [0.25, 0.3) is 21.7 Å². The molecule has 0 aliphatic rings. The second kappa shape index (κ2) is 7.55. The molecule has 0 bridgehead atoms. The second-order valence-electron chi connectivity index (χ2n) is 6.69. The van der Waals surface area contributed by atoms with E-state index in [1.807, 2.05) is 45.2 Å². The number of aromatic nitrogens is 4. The van der Waals surface area contributed by atoms with Crippen LogP contribution in [0.1, 0.15) is 33.2 Å². The molecule has 144 valence electrons. The van der Waals surface area contributed by atoms with Gasteiger partial charge in [0.25, 0.3) is 11.6 Å². The van der Waals surface area contributed by atoms with Crippen molar-refractivity contribution in [2.45, 2.75) is 33.7 Å². The number of hydrogen-bond donors (Lipinski definition) is 1. The zero-order chi connectivity index (χ0) is 19.7. The minimum absolute atomic E-state index is 0.143. The average Bonchev–Trinajstić information content (AvgIpc) is 3.39. The molecule has 1 N–H and O–H groups in total. The van der Waals surface area contributed by atoms with Gasteiger partial charge in [0.15, 0.2) is 0 Å². The van der Waals surface area contributed by atoms with Gasteiger partial charge in [0.05, 0.1) is 27.2 Å². The van der Waals surface area contributed by atoms with Crippen molar-refractivity contribution < 1.29 is 9.32 Å². The molecule has 0 fully saturated rings. The number of nitrogens with zero attached hydrogens (tertiary/aromatic N) is 4. The van der Waals surface area contributed by atoms with Crippen LogP contribution in [0, 0.1) is 20.8 Å². The van der Waals surface area contributed by atoms with Crippen molar-refractivity contribution in [3.63, 3.8) is 0 Å². The summed E-state index contributed by atoms with van der Waals surface area (Å²) in [6, 6.07) is 5.87. The molecule has 0 atom stereocenters. The molecule has 8 heteroatoms. The van der Waals surface area contributed by atoms with Gasteiger partial charge in [-0.05, 0) is 45.4 Å². The number of imidazole rings is 1. The van der Waals surface area contributed by atoms with Crippen molar-refractivity contribution >= 4 is 28.3 Å². The molecule has 28 heavy (non-hydrogen) atoms. The fourth-order valence-electron chi connectivity index (χ4n) is 3.16. The lowest BCUT2D eigenvalue weighted by atomic mass is 10.1. The first-order valence-corrected chi connectivity index (χ1v) is 9.94. The summed E-state index contributed by atoms with van der Waals surface area (Å²) < 4.78 is 7.42. The van der Waals surface area contributed by atoms with Crippen molar-refractivity contribution in [1.29, 1.82) is 0 Å². The van der Waals surface area contributed by atoms with Gasteiger partial charge in [-0.2, -0.15) is 0 Å². The lowest BCUT2D eigenvalue weighted by Gasteiger charge is -2.09. The van der Waals surface area contributed by atoms with Crippen molar-refractivity contribution in [3.05, 3.63) is 52.6 Å². The van der Waals surface area contributed by atoms with Gasteiger partial charge in [0.1, 0.15) is 5.82 Å². The Kier molecular flexibility index (Phi) is 4.95. The highest BCUT2D eigenvalue weighted by Crippen LogP contribution is 2.30. The molecule has 4 heterocycles. The lowest BCUT2D eigenvalue weighted by Crippen LogP contribution is -2.25. The van der Waals surface area contributed by atoms with E-state index < -0.39 is 0 Å². The molecule has 0 spiro atoms. The summed E-state index contributed by atoms with van der Waals surface area (Å²) in [5.41, 5.74) is 2.32. The van der Waals surface area contributed by atoms with Crippen molar-refractivity contribution in [2.75, 3.05) is 6.54 Å². The number of hydrogen-bond acceptors (Lipinski definition) is 6. The number of rotatable bonds is 6. The highest BCUT2D eigenvalue weighted by atomic mass is 32.1. The molecule has 0 saturated heterocycles. The molecule has 7 nitrogen and oxygen atoms in total. The molecular weight excluding hydrogens is 374 g/mol. The zero-order valence-electron chi connectivity index (χ0n) is 16.0. The van der Waals surface area contributed by atoms with Gasteiger partial charge < -0.3 is 14.4 Å². The minimum Gasteiger partial charge on any atom is -0.352 e. The largest absolute Gasteiger partial charge is 0.352 e. The van der Waals surface area contributed by atoms with Crippen LogP contribution in [0.4, 0.5) is 0 Å². The van der Waals surface area contributed by atoms with Crippen LogP contribution >= 0.6 is 11.3 Å². The molecular formula is C20H21N5O2S. The first kappa shape index (κ1) is 18.4. The van der Waals surface area contributed by atoms with E-state index in [1.165, 1.54) is 4.88 Å². The van der Waals surface area contributed by atoms with Crippen molar-refractivity contribution in [3.8, 4) is 10.6 Å². The first-order chi connectivity index (χ1) is 13.5. The van der Waals surface area contributed by atoms with Gasteiger partial charge in [-0.15, -0.1) is 11.3 Å². The van der Waals surface area contributed by atoms with E-state index in [1.54, 1.807) is 17.5 Å². The van der Waals surface area contributed by atoms with Crippen molar-refractivity contribution in [2.24, 2.45) is 0 Å². The van der Waals surface area contributed by atoms with Crippen LogP contribution in [0.2, 0.25) is 0 Å². The number of carbonyl (C=O) groups is 1. The highest BCUT2D eigenvalue weighted by molar-refractivity contribution is 7.15. The van der Waals surface area contributed by atoms with E-state index in [0.717, 1.165) is 29.4 Å². The minimum atomic E-state index is -0.143. The van der Waals surface area contributed by atoms with Gasteiger partial charge >= 0.3 is 0 Å². The monoisotopic (exact) mass is 395 g/mol. The summed E-state index contributed by atoms with van der Waals surface area (Å²) in [5.74, 6) is 0.828. The summed E-state index contributed by atoms with van der Waals surface area (Å²) >= 11 is 1.63. The van der Waals surface area contributed by atoms with Crippen LogP contribution in [-0.2, 0) is 6.54 Å². The molecule has 0 aliphatic heterocycles. The molecule has 1 amide bonds. The second-order valence-corrected chi connectivity index (χ2v) is 7.98. The number of nitrogens with one attached hydrogen (secondary N) is 1. The molecule has 0 unspecified atom stereocenters. The molecule has 0 saturated carbocycles. The number of thiophene rings is 1. The standard InChI is InChI=1S/C20H21N5O2S/c1-12-5-6-17(28-12)16-11-15(18-13(2)24-27-20(18)23-16)19(26)22-7-4-9-25-10-8-21-14(25)3/h5-6,8,10-11H,4,7,9H2,1-3H3,(H,22,26). The van der Waals surface area contributed by atoms with Gasteiger partial charge in [-0.3, -0.25) is 4.79 Å². The maximum absolute atomic E-state index is 12.9. The van der Waals surface area contributed by atoms with Crippen LogP contribution in [0.15, 0.2) is 35.1 Å². The normalized spacial score (nSPS) is 11.2. The van der Waals surface area contributed by atoms with Gasteiger partial charge in [0.2, 0.25) is 0 Å². The third-order valence-corrected chi connectivity index (χ3v) is 5.66. The average molecular weight is 395 g/mol. The lowest BCUT2D eigenvalue weighted by molar-refractivity contribution is 0.0954. The maximum atomic E-state index is 12.9. The summed E-state index contributed by atoms with van der Waals surface area (Å²) in [6.07, 6.45) is 4.54. The zero-order valence-corrected chi connectivity index (χ0v) is 16.8. The number of aryl methyl sites for hydroxylation is 4. The third kappa shape index (κ3) is 3.55. The Labute approximate surface area is 166 Å². The van der Waals surface area contributed by atoms with E-state index in [4.69, 9.17) is 4.52 Å². The maximum Gasteiger partial charge on any atom is 0.259 e. The van der Waals surface area contributed by atoms with Crippen LogP contribution in [0.5, 0.6) is 0 Å². The Hall–Kier alpha value is -3.00. The summed E-state index contributed by atoms with van der Waals surface area (Å²) in [6.45, 7) is 7.21. The Bertz CT molecular complexity index is 1140. The smallest absolute Gasteiger partial charge is 0.259 e. The SMILES string of the molecule is Cc1ccc(-c2cc(C(=O)NCCCn3ccnc3C)c3c(C)noc3n2)s1. The van der Waals surface area contributed by atoms with E-state index in [2.05, 4.69) is 25.0 Å². The molecule has 4 rings (SSSR count). The third-order valence-electron chi connectivity index (χ3n) is 4.64. The molecule has 4 aromatic rings. The molecule has 4 aromatic heterocycles. The van der Waals surface area contributed by atoms with E-state index in [0.29, 0.717) is 28.9 Å². The Balaban J connectivity index is 1.55. The van der Waals surface area contributed by atoms with Crippen LogP contribution < -0.4 is 5.32 Å². The summed E-state index contributed by atoms with van der Waals surface area (Å²) in [4.78, 5) is 23.8. The number of fused-ring (bicyclic) bond motifs is 1. The van der Waals surface area contributed by atoms with E-state index in [-0.39, 0.29) is 5.91 Å². The topological polar surface area (TPSA) is 85.8 Å². The highest BCUT2D eigenvalue weighted by Gasteiger charge is 2.19. The summed E-state index contributed by atoms with van der Waals surface area (Å²) in [7, 11) is 0. The predicted octanol–water partition coefficient (Wildman–Crippen LogP) is 3.89. The van der Waals surface area contributed by atoms with Gasteiger partial charge in [0, 0.05) is 30.4 Å². The number of amides is 1. The number of pyridine rings is 1. The Morgan fingerprint density at radius 1 is 1.29 bits per heavy atom. The van der Waals surface area contributed by atoms with E-state index >= 15 is 0 Å². The van der Waals surface area contributed by atoms with Gasteiger partial charge in [-0.25, -0.2) is 9.97 Å². The number of carbonyl (C=O) groups excluding carboxylic acids is 1. The predicted molar refractivity (Wildman–Crippen MR) is 109 cm³/mol.